The maximum atomic E-state index is 12.5. The van der Waals surface area contributed by atoms with Crippen LogP contribution in [0, 0.1) is 0 Å². The zero-order valence-electron chi connectivity index (χ0n) is 14.0. The summed E-state index contributed by atoms with van der Waals surface area (Å²) >= 11 is 0. The van der Waals surface area contributed by atoms with Gasteiger partial charge in [-0.15, -0.1) is 0 Å². The Balaban J connectivity index is 2.18. The van der Waals surface area contributed by atoms with E-state index in [1.54, 1.807) is 0 Å². The van der Waals surface area contributed by atoms with Gasteiger partial charge < -0.3 is 9.84 Å². The Morgan fingerprint density at radius 3 is 2.55 bits per heavy atom. The molecule has 0 radical (unpaired) electrons. The normalized spacial score (nSPS) is 24.8. The molecule has 3 atom stereocenters. The van der Waals surface area contributed by atoms with E-state index in [1.165, 1.54) is 5.56 Å². The Bertz CT molecular complexity index is 495. The summed E-state index contributed by atoms with van der Waals surface area (Å²) in [6, 6.07) is 9.87. The Labute approximate surface area is 133 Å². The predicted octanol–water partition coefficient (Wildman–Crippen LogP) is 2.91. The van der Waals surface area contributed by atoms with E-state index in [0.717, 1.165) is 0 Å². The van der Waals surface area contributed by atoms with Crippen LogP contribution in [0.3, 0.4) is 0 Å². The number of rotatable bonds is 3. The first-order valence-corrected chi connectivity index (χ1v) is 7.99. The van der Waals surface area contributed by atoms with Crippen molar-refractivity contribution in [3.8, 4) is 0 Å². The molecule has 1 fully saturated rings. The van der Waals surface area contributed by atoms with Crippen molar-refractivity contribution < 1.29 is 14.6 Å². The molecule has 2 unspecified atom stereocenters. The summed E-state index contributed by atoms with van der Waals surface area (Å²) in [7, 11) is 0. The highest BCUT2D eigenvalue weighted by atomic mass is 16.6. The number of likely N-dealkylation sites (tertiary alicyclic amines) is 1. The van der Waals surface area contributed by atoms with Gasteiger partial charge in [0.25, 0.3) is 0 Å². The number of aliphatic hydroxyl groups is 1. The summed E-state index contributed by atoms with van der Waals surface area (Å²) in [5.41, 5.74) is 0.661. The summed E-state index contributed by atoms with van der Waals surface area (Å²) in [6.45, 7) is 8.41. The summed E-state index contributed by atoms with van der Waals surface area (Å²) < 4.78 is 5.55. The lowest BCUT2D eigenvalue weighted by atomic mass is 9.95. The second-order valence-electron chi connectivity index (χ2n) is 7.05. The number of esters is 1. The van der Waals surface area contributed by atoms with Crippen LogP contribution in [0.4, 0.5) is 0 Å². The van der Waals surface area contributed by atoms with Crippen LogP contribution in [0.2, 0.25) is 0 Å². The van der Waals surface area contributed by atoms with Crippen LogP contribution in [0.25, 0.3) is 0 Å². The smallest absolute Gasteiger partial charge is 0.323 e. The molecule has 4 heteroatoms. The minimum atomic E-state index is -0.513. The van der Waals surface area contributed by atoms with E-state index in [-0.39, 0.29) is 12.0 Å². The highest BCUT2D eigenvalue weighted by Crippen LogP contribution is 2.30. The number of aliphatic hydroxyl groups excluding tert-OH is 1. The first kappa shape index (κ1) is 17.0. The van der Waals surface area contributed by atoms with E-state index in [4.69, 9.17) is 4.74 Å². The van der Waals surface area contributed by atoms with Crippen molar-refractivity contribution in [2.75, 3.05) is 6.54 Å². The van der Waals surface area contributed by atoms with Crippen molar-refractivity contribution in [3.05, 3.63) is 35.9 Å². The number of hydrogen-bond acceptors (Lipinski definition) is 4. The molecular weight excluding hydrogens is 278 g/mol. The quantitative estimate of drug-likeness (QED) is 0.872. The summed E-state index contributed by atoms with van der Waals surface area (Å²) in [5.74, 6) is -0.242. The van der Waals surface area contributed by atoms with Crippen molar-refractivity contribution in [3.63, 3.8) is 0 Å². The highest BCUT2D eigenvalue weighted by Gasteiger charge is 2.38. The van der Waals surface area contributed by atoms with Crippen LogP contribution in [0.5, 0.6) is 0 Å². The molecule has 4 nitrogen and oxygen atoms in total. The number of benzene rings is 1. The van der Waals surface area contributed by atoms with E-state index >= 15 is 0 Å². The summed E-state index contributed by atoms with van der Waals surface area (Å²) in [4.78, 5) is 14.7. The predicted molar refractivity (Wildman–Crippen MR) is 86.4 cm³/mol. The standard InChI is InChI=1S/C18H27NO3/c1-13(14-8-6-5-7-9-14)19-11-10-15(20)12-16(19)17(21)22-18(2,3)4/h5-9,13,15-16,20H,10-12H2,1-4H3/t13-,15?,16?/m0/s1. The maximum absolute atomic E-state index is 12.5. The number of ether oxygens (including phenoxy) is 1. The molecule has 22 heavy (non-hydrogen) atoms. The molecule has 0 saturated carbocycles. The lowest BCUT2D eigenvalue weighted by Crippen LogP contribution is -2.51. The molecule has 0 bridgehead atoms. The second-order valence-corrected chi connectivity index (χ2v) is 7.05. The minimum absolute atomic E-state index is 0.117. The zero-order chi connectivity index (χ0) is 16.3. The van der Waals surface area contributed by atoms with Crippen LogP contribution in [-0.2, 0) is 9.53 Å². The van der Waals surface area contributed by atoms with Crippen LogP contribution >= 0.6 is 0 Å². The minimum Gasteiger partial charge on any atom is -0.459 e. The SMILES string of the molecule is C[C@@H](c1ccccc1)N1CCC(O)CC1C(=O)OC(C)(C)C. The molecule has 0 spiro atoms. The van der Waals surface area contributed by atoms with Gasteiger partial charge in [0, 0.05) is 12.6 Å². The molecule has 0 aromatic heterocycles. The van der Waals surface area contributed by atoms with Crippen LogP contribution in [0.1, 0.15) is 52.1 Å². The summed E-state index contributed by atoms with van der Waals surface area (Å²) in [6.07, 6.45) is 0.694. The topological polar surface area (TPSA) is 49.8 Å². The van der Waals surface area contributed by atoms with Gasteiger partial charge in [0.2, 0.25) is 0 Å². The third kappa shape index (κ3) is 4.31. The highest BCUT2D eigenvalue weighted by molar-refractivity contribution is 5.76. The zero-order valence-corrected chi connectivity index (χ0v) is 14.0. The number of piperidine rings is 1. The van der Waals surface area contributed by atoms with Crippen molar-refractivity contribution in [2.45, 2.75) is 64.3 Å². The van der Waals surface area contributed by atoms with Crippen LogP contribution in [-0.4, -0.2) is 40.3 Å². The van der Waals surface area contributed by atoms with E-state index in [9.17, 15) is 9.90 Å². The Morgan fingerprint density at radius 2 is 1.95 bits per heavy atom. The van der Waals surface area contributed by atoms with Gasteiger partial charge >= 0.3 is 5.97 Å². The van der Waals surface area contributed by atoms with E-state index < -0.39 is 17.7 Å². The van der Waals surface area contributed by atoms with Gasteiger partial charge in [-0.25, -0.2) is 0 Å². The maximum Gasteiger partial charge on any atom is 0.323 e. The molecule has 0 aliphatic carbocycles. The molecule has 1 aliphatic heterocycles. The van der Waals surface area contributed by atoms with Gasteiger partial charge in [0.1, 0.15) is 11.6 Å². The molecule has 1 N–H and O–H groups in total. The van der Waals surface area contributed by atoms with Crippen LogP contribution < -0.4 is 0 Å². The first-order valence-electron chi connectivity index (χ1n) is 7.99. The van der Waals surface area contributed by atoms with Gasteiger partial charge in [-0.1, -0.05) is 30.3 Å². The fraction of sp³-hybridized carbons (Fsp3) is 0.611. The van der Waals surface area contributed by atoms with Crippen molar-refractivity contribution in [2.24, 2.45) is 0 Å². The molecule has 122 valence electrons. The van der Waals surface area contributed by atoms with E-state index in [0.29, 0.717) is 19.4 Å². The third-order valence-electron chi connectivity index (χ3n) is 4.07. The Morgan fingerprint density at radius 1 is 1.32 bits per heavy atom. The number of carbonyl (C=O) groups is 1. The molecule has 1 aromatic carbocycles. The monoisotopic (exact) mass is 305 g/mol. The van der Waals surface area contributed by atoms with Crippen molar-refractivity contribution in [1.82, 2.24) is 4.90 Å². The van der Waals surface area contributed by atoms with Crippen molar-refractivity contribution >= 4 is 5.97 Å². The summed E-state index contributed by atoms with van der Waals surface area (Å²) in [5, 5.41) is 9.96. The Kier molecular flexibility index (Phi) is 5.24. The molecule has 1 saturated heterocycles. The number of hydrogen-bond donors (Lipinski definition) is 1. The van der Waals surface area contributed by atoms with Gasteiger partial charge in [0.15, 0.2) is 0 Å². The van der Waals surface area contributed by atoms with E-state index in [1.807, 2.05) is 39.0 Å². The van der Waals surface area contributed by atoms with Gasteiger partial charge in [-0.3, -0.25) is 9.69 Å². The van der Waals surface area contributed by atoms with Gasteiger partial charge in [0.05, 0.1) is 6.10 Å². The lowest BCUT2D eigenvalue weighted by molar-refractivity contribution is -0.166. The molecule has 1 heterocycles. The molecule has 1 aromatic rings. The largest absolute Gasteiger partial charge is 0.459 e. The van der Waals surface area contributed by atoms with Crippen LogP contribution in [0.15, 0.2) is 30.3 Å². The Hall–Kier alpha value is -1.39. The fourth-order valence-corrected chi connectivity index (χ4v) is 2.95. The average molecular weight is 305 g/mol. The van der Waals surface area contributed by atoms with Crippen molar-refractivity contribution in [1.29, 1.82) is 0 Å². The second kappa shape index (κ2) is 6.80. The number of nitrogens with zero attached hydrogens (tertiary/aromatic N) is 1. The average Bonchev–Trinajstić information content (AvgIpc) is 2.45. The van der Waals surface area contributed by atoms with E-state index in [2.05, 4.69) is 24.0 Å². The molecule has 0 amide bonds. The third-order valence-corrected chi connectivity index (χ3v) is 4.07. The lowest BCUT2D eigenvalue weighted by Gasteiger charge is -2.41. The molecular formula is C18H27NO3. The number of carbonyl (C=O) groups excluding carboxylic acids is 1. The fourth-order valence-electron chi connectivity index (χ4n) is 2.95. The first-order chi connectivity index (χ1) is 10.3. The van der Waals surface area contributed by atoms with Gasteiger partial charge in [-0.2, -0.15) is 0 Å². The van der Waals surface area contributed by atoms with Gasteiger partial charge in [-0.05, 0) is 46.1 Å². The molecule has 1 aliphatic rings. The molecule has 2 rings (SSSR count).